The van der Waals surface area contributed by atoms with Crippen LogP contribution >= 0.6 is 11.3 Å². The Morgan fingerprint density at radius 3 is 1.93 bits per heavy atom. The molecule has 3 nitrogen and oxygen atoms in total. The minimum absolute atomic E-state index is 0.602. The van der Waals surface area contributed by atoms with Crippen molar-refractivity contribution in [3.63, 3.8) is 0 Å². The largest absolute Gasteiger partial charge is 0.278 e. The zero-order valence-corrected chi connectivity index (χ0v) is 33.0. The maximum Gasteiger partial charge on any atom is 0.235 e. The van der Waals surface area contributed by atoms with Gasteiger partial charge in [0.05, 0.1) is 22.3 Å². The van der Waals surface area contributed by atoms with E-state index in [-0.39, 0.29) is 0 Å². The SMILES string of the molecule is C1=C(N(c2nc(-c3ccccc3)c3ccc4ccccc4c3n2)c2cccc3sc4ccccc4c23)C(C2(c3ccccc3)c3ccccc3-c3ccccc32)=CCC1. The Kier molecular flexibility index (Phi) is 7.75. The van der Waals surface area contributed by atoms with Crippen LogP contribution in [0.2, 0.25) is 0 Å². The minimum Gasteiger partial charge on any atom is -0.278 e. The fourth-order valence-corrected chi connectivity index (χ4v) is 11.1. The molecule has 2 aromatic heterocycles. The number of nitrogens with zero attached hydrogens (tertiary/aromatic N) is 3. The molecule has 2 heterocycles. The van der Waals surface area contributed by atoms with Crippen LogP contribution in [-0.4, -0.2) is 9.97 Å². The highest BCUT2D eigenvalue weighted by Crippen LogP contribution is 2.59. The number of hydrogen-bond donors (Lipinski definition) is 0. The van der Waals surface area contributed by atoms with E-state index in [1.165, 1.54) is 53.6 Å². The number of anilines is 2. The monoisotopic (exact) mass is 771 g/mol. The number of hydrogen-bond acceptors (Lipinski definition) is 4. The molecule has 4 heteroatoms. The second kappa shape index (κ2) is 13.5. The molecule has 12 rings (SSSR count). The predicted octanol–water partition coefficient (Wildman–Crippen LogP) is 14.6. The third-order valence-electron chi connectivity index (χ3n) is 12.4. The number of fused-ring (bicyclic) bond motifs is 9. The highest BCUT2D eigenvalue weighted by molar-refractivity contribution is 7.26. The molecule has 0 spiro atoms. The van der Waals surface area contributed by atoms with Crippen molar-refractivity contribution in [1.82, 2.24) is 9.97 Å². The molecule has 0 amide bonds. The van der Waals surface area contributed by atoms with Gasteiger partial charge in [0.1, 0.15) is 0 Å². The Balaban J connectivity index is 1.22. The van der Waals surface area contributed by atoms with Crippen LogP contribution in [-0.2, 0) is 5.41 Å². The molecule has 0 fully saturated rings. The third kappa shape index (κ3) is 5.06. The average molecular weight is 772 g/mol. The summed E-state index contributed by atoms with van der Waals surface area (Å²) in [5.74, 6) is 0.650. The smallest absolute Gasteiger partial charge is 0.235 e. The van der Waals surface area contributed by atoms with E-state index in [0.717, 1.165) is 57.2 Å². The van der Waals surface area contributed by atoms with E-state index >= 15 is 0 Å². The normalized spacial score (nSPS) is 14.3. The lowest BCUT2D eigenvalue weighted by Crippen LogP contribution is -2.35. The van der Waals surface area contributed by atoms with Gasteiger partial charge in [-0.25, -0.2) is 9.97 Å². The molecule has 0 saturated heterocycles. The van der Waals surface area contributed by atoms with Crippen LogP contribution in [0.5, 0.6) is 0 Å². The molecule has 0 atom stereocenters. The van der Waals surface area contributed by atoms with Gasteiger partial charge in [0.15, 0.2) is 0 Å². The van der Waals surface area contributed by atoms with Crippen molar-refractivity contribution in [1.29, 1.82) is 0 Å². The molecule has 0 bridgehead atoms. The molecule has 0 aliphatic heterocycles. The number of benzene rings is 8. The summed E-state index contributed by atoms with van der Waals surface area (Å²) in [7, 11) is 0. The molecule has 0 saturated carbocycles. The number of rotatable bonds is 6. The molecular weight excluding hydrogens is 735 g/mol. The Hall–Kier alpha value is -7.14. The third-order valence-corrected chi connectivity index (χ3v) is 13.5. The van der Waals surface area contributed by atoms with Crippen LogP contribution < -0.4 is 4.90 Å². The summed E-state index contributed by atoms with van der Waals surface area (Å²) >= 11 is 1.84. The summed E-state index contributed by atoms with van der Waals surface area (Å²) in [5, 5.41) is 5.74. The first-order valence-corrected chi connectivity index (χ1v) is 21.2. The van der Waals surface area contributed by atoms with E-state index in [1.54, 1.807) is 0 Å². The predicted molar refractivity (Wildman–Crippen MR) is 248 cm³/mol. The Morgan fingerprint density at radius 2 is 1.14 bits per heavy atom. The average Bonchev–Trinajstić information content (AvgIpc) is 3.84. The van der Waals surface area contributed by atoms with Crippen molar-refractivity contribution in [2.45, 2.75) is 18.3 Å². The molecule has 278 valence electrons. The van der Waals surface area contributed by atoms with Gasteiger partial charge in [-0.2, -0.15) is 0 Å². The Morgan fingerprint density at radius 1 is 0.492 bits per heavy atom. The maximum atomic E-state index is 5.71. The fourth-order valence-electron chi connectivity index (χ4n) is 9.95. The van der Waals surface area contributed by atoms with Gasteiger partial charge in [0.2, 0.25) is 5.95 Å². The summed E-state index contributed by atoms with van der Waals surface area (Å²) in [6.45, 7) is 0. The fraction of sp³-hybridized carbons (Fsp3) is 0.0545. The molecular formula is C55H37N3S. The van der Waals surface area contributed by atoms with Crippen LogP contribution in [0.15, 0.2) is 211 Å². The quantitative estimate of drug-likeness (QED) is 0.158. The van der Waals surface area contributed by atoms with Gasteiger partial charge in [-0.3, -0.25) is 4.90 Å². The molecule has 0 unspecified atom stereocenters. The maximum absolute atomic E-state index is 5.71. The summed E-state index contributed by atoms with van der Waals surface area (Å²) in [6.07, 6.45) is 6.78. The van der Waals surface area contributed by atoms with Gasteiger partial charge in [-0.1, -0.05) is 176 Å². The van der Waals surface area contributed by atoms with Gasteiger partial charge >= 0.3 is 0 Å². The zero-order chi connectivity index (χ0) is 38.9. The number of thiophene rings is 1. The van der Waals surface area contributed by atoms with Gasteiger partial charge in [-0.05, 0) is 75.9 Å². The summed E-state index contributed by atoms with van der Waals surface area (Å²) in [5.41, 5.74) is 12.1. The lowest BCUT2D eigenvalue weighted by Gasteiger charge is -2.41. The van der Waals surface area contributed by atoms with E-state index in [9.17, 15) is 0 Å². The van der Waals surface area contributed by atoms with E-state index < -0.39 is 5.41 Å². The van der Waals surface area contributed by atoms with Gasteiger partial charge in [0, 0.05) is 42.2 Å². The van der Waals surface area contributed by atoms with Crippen LogP contribution in [0.25, 0.3) is 64.2 Å². The Bertz CT molecular complexity index is 3300. The van der Waals surface area contributed by atoms with Crippen molar-refractivity contribution >= 4 is 64.8 Å². The summed E-state index contributed by atoms with van der Waals surface area (Å²) < 4.78 is 2.50. The van der Waals surface area contributed by atoms with E-state index in [4.69, 9.17) is 9.97 Å². The highest BCUT2D eigenvalue weighted by Gasteiger charge is 2.49. The van der Waals surface area contributed by atoms with E-state index in [2.05, 4.69) is 205 Å². The molecule has 59 heavy (non-hydrogen) atoms. The van der Waals surface area contributed by atoms with Crippen molar-refractivity contribution in [2.75, 3.05) is 4.90 Å². The molecule has 0 N–H and O–H groups in total. The lowest BCUT2D eigenvalue weighted by molar-refractivity contribution is 0.728. The van der Waals surface area contributed by atoms with Crippen molar-refractivity contribution in [3.8, 4) is 22.4 Å². The van der Waals surface area contributed by atoms with Crippen LogP contribution in [0, 0.1) is 0 Å². The zero-order valence-electron chi connectivity index (χ0n) is 32.2. The first-order valence-electron chi connectivity index (χ1n) is 20.4. The van der Waals surface area contributed by atoms with Gasteiger partial charge in [-0.15, -0.1) is 11.3 Å². The van der Waals surface area contributed by atoms with Crippen molar-refractivity contribution < 1.29 is 0 Å². The first kappa shape index (κ1) is 33.9. The lowest BCUT2D eigenvalue weighted by atomic mass is 9.65. The van der Waals surface area contributed by atoms with Crippen LogP contribution in [0.1, 0.15) is 29.5 Å². The van der Waals surface area contributed by atoms with E-state index in [0.29, 0.717) is 5.95 Å². The second-order valence-electron chi connectivity index (χ2n) is 15.5. The molecule has 0 radical (unpaired) electrons. The molecule has 2 aliphatic rings. The van der Waals surface area contributed by atoms with Gasteiger partial charge < -0.3 is 0 Å². The number of allylic oxidation sites excluding steroid dienone is 3. The Labute approximate surface area is 346 Å². The molecule has 10 aromatic rings. The summed E-state index contributed by atoms with van der Waals surface area (Å²) in [4.78, 5) is 13.8. The minimum atomic E-state index is -0.602. The second-order valence-corrected chi connectivity index (χ2v) is 16.6. The van der Waals surface area contributed by atoms with Crippen LogP contribution in [0.4, 0.5) is 11.6 Å². The van der Waals surface area contributed by atoms with E-state index in [1.807, 2.05) is 11.3 Å². The first-order chi connectivity index (χ1) is 29.3. The van der Waals surface area contributed by atoms with Gasteiger partial charge in [0.25, 0.3) is 0 Å². The van der Waals surface area contributed by atoms with Crippen LogP contribution in [0.3, 0.4) is 0 Å². The molecule has 2 aliphatic carbocycles. The van der Waals surface area contributed by atoms with Crippen molar-refractivity contribution in [3.05, 3.63) is 228 Å². The number of aromatic nitrogens is 2. The standard InChI is InChI=1S/C55H37N3S/c1-3-19-37(20-4-1)52-43-35-34-36-18-7-8-23-39(36)53(43)57-54(56-52)58(48-31-17-33-50-51(48)42-26-11-16-32-49(42)59-50)47-30-15-14-29-46(47)55(38-21-5-2-6-22-38)44-27-12-9-24-40(44)41-25-10-13-28-45(41)55/h1-13,16-35H,14-15H2. The molecule has 8 aromatic carbocycles. The highest BCUT2D eigenvalue weighted by atomic mass is 32.1. The summed E-state index contributed by atoms with van der Waals surface area (Å²) in [6, 6.07) is 68.3. The van der Waals surface area contributed by atoms with Crippen molar-refractivity contribution in [2.24, 2.45) is 0 Å². The topological polar surface area (TPSA) is 29.0 Å².